The number of nitro groups is 1. The second-order valence-corrected chi connectivity index (χ2v) is 4.85. The maximum Gasteiger partial charge on any atom is 0.334 e. The largest absolute Gasteiger partial charge is 0.351 e. The first-order chi connectivity index (χ1) is 9.82. The zero-order chi connectivity index (χ0) is 15.7. The van der Waals surface area contributed by atoms with E-state index in [-0.39, 0.29) is 12.3 Å². The summed E-state index contributed by atoms with van der Waals surface area (Å²) in [6.07, 6.45) is 1.37. The summed E-state index contributed by atoms with van der Waals surface area (Å²) < 4.78 is 2.94. The zero-order valence-corrected chi connectivity index (χ0v) is 12.0. The summed E-state index contributed by atoms with van der Waals surface area (Å²) in [5.41, 5.74) is 0.944. The Balaban J connectivity index is 2.37. The normalized spacial score (nSPS) is 10.6. The molecule has 0 saturated carbocycles. The van der Waals surface area contributed by atoms with Gasteiger partial charge >= 0.3 is 11.2 Å². The monoisotopic (exact) mass is 289 g/mol. The van der Waals surface area contributed by atoms with E-state index >= 15 is 0 Å². The van der Waals surface area contributed by atoms with E-state index in [2.05, 4.69) is 0 Å². The van der Waals surface area contributed by atoms with Crippen LogP contribution in [0.2, 0.25) is 0 Å². The molecular weight excluding hydrogens is 274 g/mol. The van der Waals surface area contributed by atoms with Crippen LogP contribution in [0.4, 0.5) is 5.69 Å². The van der Waals surface area contributed by atoms with E-state index in [1.807, 2.05) is 25.5 Å². The first kappa shape index (κ1) is 14.7. The van der Waals surface area contributed by atoms with Crippen molar-refractivity contribution in [1.82, 2.24) is 9.13 Å². The van der Waals surface area contributed by atoms with Gasteiger partial charge in [-0.3, -0.25) is 19.7 Å². The highest BCUT2D eigenvalue weighted by atomic mass is 16.6. The molecule has 2 aromatic rings. The average Bonchev–Trinajstić information content (AvgIpc) is 2.68. The van der Waals surface area contributed by atoms with Crippen LogP contribution in [-0.4, -0.2) is 19.8 Å². The van der Waals surface area contributed by atoms with Crippen molar-refractivity contribution >= 4 is 11.5 Å². The number of aromatic nitrogens is 2. The Labute approximate surface area is 120 Å². The highest BCUT2D eigenvalue weighted by Gasteiger charge is 2.18. The maximum absolute atomic E-state index is 12.3. The lowest BCUT2D eigenvalue weighted by Crippen LogP contribution is -2.25. The van der Waals surface area contributed by atoms with Crippen LogP contribution in [0.3, 0.4) is 0 Å². The van der Waals surface area contributed by atoms with Crippen LogP contribution in [0.25, 0.3) is 0 Å². The van der Waals surface area contributed by atoms with Gasteiger partial charge in [0.15, 0.2) is 5.78 Å². The molecule has 0 fully saturated rings. The number of carbonyl (C=O) groups excluding carboxylic acids is 1. The molecule has 2 heterocycles. The molecule has 0 unspecified atom stereocenters. The number of ketones is 1. The molecule has 0 aromatic carbocycles. The molecule has 0 atom stereocenters. The molecule has 0 bridgehead atoms. The highest BCUT2D eigenvalue weighted by molar-refractivity contribution is 5.97. The van der Waals surface area contributed by atoms with Gasteiger partial charge in [0.25, 0.3) is 0 Å². The number of Topliss-reactive ketones (excluding diaryl/α,β-unsaturated/α-hetero) is 1. The van der Waals surface area contributed by atoms with Gasteiger partial charge in [0.1, 0.15) is 0 Å². The van der Waals surface area contributed by atoms with Crippen molar-refractivity contribution in [3.05, 3.63) is 61.8 Å². The smallest absolute Gasteiger partial charge is 0.334 e. The van der Waals surface area contributed by atoms with Gasteiger partial charge in [-0.05, 0) is 26.0 Å². The number of carbonyl (C=O) groups is 1. The van der Waals surface area contributed by atoms with Gasteiger partial charge < -0.3 is 9.13 Å². The number of hydrogen-bond acceptors (Lipinski definition) is 4. The van der Waals surface area contributed by atoms with E-state index in [1.54, 1.807) is 6.07 Å². The molecule has 21 heavy (non-hydrogen) atoms. The quantitative estimate of drug-likeness (QED) is 0.486. The van der Waals surface area contributed by atoms with Crippen molar-refractivity contribution in [2.75, 3.05) is 0 Å². The summed E-state index contributed by atoms with van der Waals surface area (Å²) in [5.74, 6) is -0.251. The molecular formula is C14H15N3O4. The molecule has 0 amide bonds. The highest BCUT2D eigenvalue weighted by Crippen LogP contribution is 2.14. The third-order valence-electron chi connectivity index (χ3n) is 3.59. The average molecular weight is 289 g/mol. The minimum absolute atomic E-state index is 0.217. The molecule has 0 radical (unpaired) electrons. The lowest BCUT2D eigenvalue weighted by molar-refractivity contribution is -0.386. The van der Waals surface area contributed by atoms with Crippen LogP contribution in [0, 0.1) is 24.0 Å². The van der Waals surface area contributed by atoms with Crippen LogP contribution in [-0.2, 0) is 13.6 Å². The van der Waals surface area contributed by atoms with Gasteiger partial charge in [0.05, 0.1) is 11.5 Å². The topological polar surface area (TPSA) is 87.1 Å². The standard InChI is InChI=1S/C14H15N3O4/c1-9-7-11(10(2)15(9)3)13(18)8-16-6-4-5-12(14(16)19)17(20)21/h4-7H,8H2,1-3H3. The van der Waals surface area contributed by atoms with Crippen molar-refractivity contribution in [2.24, 2.45) is 7.05 Å². The molecule has 0 spiro atoms. The van der Waals surface area contributed by atoms with Gasteiger partial charge in [0, 0.05) is 36.3 Å². The molecule has 0 aliphatic rings. The lowest BCUT2D eigenvalue weighted by atomic mass is 10.1. The van der Waals surface area contributed by atoms with E-state index in [0.717, 1.165) is 22.0 Å². The zero-order valence-electron chi connectivity index (χ0n) is 12.0. The minimum Gasteiger partial charge on any atom is -0.351 e. The Kier molecular flexibility index (Phi) is 3.75. The van der Waals surface area contributed by atoms with Gasteiger partial charge in [-0.25, -0.2) is 0 Å². The van der Waals surface area contributed by atoms with E-state index in [9.17, 15) is 19.7 Å². The predicted octanol–water partition coefficient (Wildman–Crippen LogP) is 1.59. The van der Waals surface area contributed by atoms with Crippen LogP contribution in [0.1, 0.15) is 21.7 Å². The SMILES string of the molecule is Cc1cc(C(=O)Cn2cccc([N+](=O)[O-])c2=O)c(C)n1C. The molecule has 0 saturated heterocycles. The molecule has 0 aliphatic carbocycles. The number of nitrogens with zero attached hydrogens (tertiary/aromatic N) is 3. The fraction of sp³-hybridized carbons (Fsp3) is 0.286. The van der Waals surface area contributed by atoms with Gasteiger partial charge in [0.2, 0.25) is 0 Å². The first-order valence-electron chi connectivity index (χ1n) is 6.33. The summed E-state index contributed by atoms with van der Waals surface area (Å²) >= 11 is 0. The maximum atomic E-state index is 12.3. The molecule has 2 aromatic heterocycles. The molecule has 7 heteroatoms. The van der Waals surface area contributed by atoms with Crippen LogP contribution in [0.5, 0.6) is 0 Å². The van der Waals surface area contributed by atoms with Gasteiger partial charge in [-0.1, -0.05) is 0 Å². The fourth-order valence-electron chi connectivity index (χ4n) is 2.17. The third-order valence-corrected chi connectivity index (χ3v) is 3.59. The molecule has 0 aliphatic heterocycles. The molecule has 110 valence electrons. The molecule has 2 rings (SSSR count). The predicted molar refractivity (Wildman–Crippen MR) is 76.6 cm³/mol. The van der Waals surface area contributed by atoms with Crippen molar-refractivity contribution < 1.29 is 9.72 Å². The summed E-state index contributed by atoms with van der Waals surface area (Å²) in [6, 6.07) is 4.26. The van der Waals surface area contributed by atoms with E-state index in [0.29, 0.717) is 5.56 Å². The Morgan fingerprint density at radius 3 is 2.57 bits per heavy atom. The van der Waals surface area contributed by atoms with Crippen molar-refractivity contribution in [2.45, 2.75) is 20.4 Å². The Morgan fingerprint density at radius 2 is 2.05 bits per heavy atom. The van der Waals surface area contributed by atoms with Crippen LogP contribution >= 0.6 is 0 Å². The van der Waals surface area contributed by atoms with E-state index in [1.165, 1.54) is 12.3 Å². The van der Waals surface area contributed by atoms with E-state index in [4.69, 9.17) is 0 Å². The second-order valence-electron chi connectivity index (χ2n) is 4.85. The Morgan fingerprint density at radius 1 is 1.38 bits per heavy atom. The minimum atomic E-state index is -0.777. The van der Waals surface area contributed by atoms with Gasteiger partial charge in [-0.15, -0.1) is 0 Å². The Hall–Kier alpha value is -2.70. The summed E-state index contributed by atoms with van der Waals surface area (Å²) in [5, 5.41) is 10.7. The summed E-state index contributed by atoms with van der Waals surface area (Å²) in [7, 11) is 1.85. The summed E-state index contributed by atoms with van der Waals surface area (Å²) in [4.78, 5) is 34.2. The van der Waals surface area contributed by atoms with E-state index < -0.39 is 16.2 Å². The van der Waals surface area contributed by atoms with Crippen LogP contribution in [0.15, 0.2) is 29.2 Å². The number of hydrogen-bond donors (Lipinski definition) is 0. The lowest BCUT2D eigenvalue weighted by Gasteiger charge is -2.05. The first-order valence-corrected chi connectivity index (χ1v) is 6.33. The van der Waals surface area contributed by atoms with Crippen molar-refractivity contribution in [1.29, 1.82) is 0 Å². The number of rotatable bonds is 4. The number of aryl methyl sites for hydroxylation is 1. The Bertz CT molecular complexity index is 786. The third kappa shape index (κ3) is 2.62. The van der Waals surface area contributed by atoms with Crippen molar-refractivity contribution in [3.63, 3.8) is 0 Å². The fourth-order valence-corrected chi connectivity index (χ4v) is 2.17. The summed E-state index contributed by atoms with van der Waals surface area (Å²) in [6.45, 7) is 3.48. The van der Waals surface area contributed by atoms with Crippen LogP contribution < -0.4 is 5.56 Å². The molecule has 0 N–H and O–H groups in total. The van der Waals surface area contributed by atoms with Gasteiger partial charge in [-0.2, -0.15) is 0 Å². The molecule has 7 nitrogen and oxygen atoms in total. The van der Waals surface area contributed by atoms with Crippen molar-refractivity contribution in [3.8, 4) is 0 Å². The second kappa shape index (κ2) is 5.35. The number of pyridine rings is 1.